The summed E-state index contributed by atoms with van der Waals surface area (Å²) in [5.74, 6) is -0.579. The van der Waals surface area contributed by atoms with Crippen molar-refractivity contribution in [2.24, 2.45) is 5.92 Å². The molecule has 20 heavy (non-hydrogen) atoms. The molecule has 1 saturated carbocycles. The zero-order chi connectivity index (χ0) is 14.7. The molecule has 0 saturated heterocycles. The van der Waals surface area contributed by atoms with Crippen LogP contribution in [0.25, 0.3) is 0 Å². The topological polar surface area (TPSA) is 69.6 Å². The lowest BCUT2D eigenvalue weighted by Gasteiger charge is -2.21. The van der Waals surface area contributed by atoms with Crippen molar-refractivity contribution in [1.82, 2.24) is 4.90 Å². The second kappa shape index (κ2) is 6.13. The molecular formula is C14H17ClN2O3. The minimum absolute atomic E-state index is 0.290. The van der Waals surface area contributed by atoms with Gasteiger partial charge in [0.15, 0.2) is 0 Å². The van der Waals surface area contributed by atoms with Gasteiger partial charge in [0.2, 0.25) is 0 Å². The summed E-state index contributed by atoms with van der Waals surface area (Å²) in [7, 11) is 0. The molecule has 0 bridgehead atoms. The first-order valence-corrected chi connectivity index (χ1v) is 6.87. The molecule has 108 valence electrons. The van der Waals surface area contributed by atoms with Gasteiger partial charge in [0.1, 0.15) is 6.54 Å². The summed E-state index contributed by atoms with van der Waals surface area (Å²) in [5.41, 5.74) is 1.48. The molecule has 1 aromatic carbocycles. The SMILES string of the molecule is Cc1ccc(Cl)cc1NC(=O)N(CC(=O)O)CC1CC1. The Morgan fingerprint density at radius 1 is 1.45 bits per heavy atom. The zero-order valence-electron chi connectivity index (χ0n) is 11.2. The van der Waals surface area contributed by atoms with Crippen molar-refractivity contribution < 1.29 is 14.7 Å². The molecule has 5 nitrogen and oxygen atoms in total. The fraction of sp³-hybridized carbons (Fsp3) is 0.429. The maximum atomic E-state index is 12.2. The van der Waals surface area contributed by atoms with Crippen molar-refractivity contribution in [3.05, 3.63) is 28.8 Å². The van der Waals surface area contributed by atoms with E-state index in [1.807, 2.05) is 6.92 Å². The van der Waals surface area contributed by atoms with Gasteiger partial charge in [-0.05, 0) is 43.4 Å². The molecular weight excluding hydrogens is 280 g/mol. The van der Waals surface area contributed by atoms with Crippen molar-refractivity contribution >= 4 is 29.3 Å². The predicted molar refractivity (Wildman–Crippen MR) is 77.1 cm³/mol. The van der Waals surface area contributed by atoms with Crippen LogP contribution in [0.4, 0.5) is 10.5 Å². The van der Waals surface area contributed by atoms with Gasteiger partial charge in [0, 0.05) is 17.3 Å². The van der Waals surface area contributed by atoms with E-state index in [-0.39, 0.29) is 6.54 Å². The molecule has 2 N–H and O–H groups in total. The number of aryl methyl sites for hydroxylation is 1. The van der Waals surface area contributed by atoms with Gasteiger partial charge in [-0.1, -0.05) is 17.7 Å². The van der Waals surface area contributed by atoms with Gasteiger partial charge in [-0.3, -0.25) is 4.79 Å². The Labute approximate surface area is 122 Å². The highest BCUT2D eigenvalue weighted by Gasteiger charge is 2.28. The second-order valence-electron chi connectivity index (χ2n) is 5.11. The number of nitrogens with zero attached hydrogens (tertiary/aromatic N) is 1. The van der Waals surface area contributed by atoms with Crippen LogP contribution < -0.4 is 5.32 Å². The normalized spacial score (nSPS) is 13.9. The van der Waals surface area contributed by atoms with E-state index in [2.05, 4.69) is 5.32 Å². The molecule has 0 unspecified atom stereocenters. The molecule has 1 fully saturated rings. The molecule has 0 atom stereocenters. The Kier molecular flexibility index (Phi) is 4.49. The van der Waals surface area contributed by atoms with E-state index in [4.69, 9.17) is 16.7 Å². The van der Waals surface area contributed by atoms with Crippen molar-refractivity contribution in [2.75, 3.05) is 18.4 Å². The first-order chi connectivity index (χ1) is 9.45. The van der Waals surface area contributed by atoms with E-state index in [1.165, 1.54) is 4.90 Å². The van der Waals surface area contributed by atoms with Crippen LogP contribution in [0.3, 0.4) is 0 Å². The van der Waals surface area contributed by atoms with Gasteiger partial charge in [0.25, 0.3) is 0 Å². The maximum absolute atomic E-state index is 12.2. The number of halogens is 1. The highest BCUT2D eigenvalue weighted by atomic mass is 35.5. The molecule has 0 radical (unpaired) electrons. The highest BCUT2D eigenvalue weighted by Crippen LogP contribution is 2.30. The Balaban J connectivity index is 2.06. The van der Waals surface area contributed by atoms with Crippen LogP contribution in [0, 0.1) is 12.8 Å². The summed E-state index contributed by atoms with van der Waals surface area (Å²) >= 11 is 5.90. The molecule has 0 spiro atoms. The summed E-state index contributed by atoms with van der Waals surface area (Å²) in [6.07, 6.45) is 2.11. The Hall–Kier alpha value is -1.75. The highest BCUT2D eigenvalue weighted by molar-refractivity contribution is 6.31. The molecule has 2 amide bonds. The van der Waals surface area contributed by atoms with Gasteiger partial charge in [-0.25, -0.2) is 4.79 Å². The third kappa shape index (κ3) is 4.13. The van der Waals surface area contributed by atoms with E-state index >= 15 is 0 Å². The predicted octanol–water partition coefficient (Wildman–Crippen LogP) is 2.98. The average Bonchev–Trinajstić information content (AvgIpc) is 3.16. The second-order valence-corrected chi connectivity index (χ2v) is 5.54. The first kappa shape index (κ1) is 14.7. The van der Waals surface area contributed by atoms with Gasteiger partial charge < -0.3 is 15.3 Å². The Bertz CT molecular complexity index is 529. The van der Waals surface area contributed by atoms with Gasteiger partial charge in [0.05, 0.1) is 0 Å². The fourth-order valence-corrected chi connectivity index (χ4v) is 2.09. The molecule has 6 heteroatoms. The third-order valence-corrected chi connectivity index (χ3v) is 3.47. The van der Waals surface area contributed by atoms with Crippen LogP contribution in [-0.4, -0.2) is 35.1 Å². The van der Waals surface area contributed by atoms with E-state index < -0.39 is 12.0 Å². The summed E-state index contributed by atoms with van der Waals surface area (Å²) in [6.45, 7) is 2.05. The number of hydrogen-bond acceptors (Lipinski definition) is 2. The van der Waals surface area contributed by atoms with Gasteiger partial charge in [-0.15, -0.1) is 0 Å². The van der Waals surface area contributed by atoms with Crippen molar-refractivity contribution in [3.8, 4) is 0 Å². The summed E-state index contributed by atoms with van der Waals surface area (Å²) in [6, 6.07) is 4.81. The monoisotopic (exact) mass is 296 g/mol. The number of carboxylic acids is 1. The number of carbonyl (C=O) groups excluding carboxylic acids is 1. The molecule has 0 aromatic heterocycles. The minimum atomic E-state index is -1.01. The number of hydrogen-bond donors (Lipinski definition) is 2. The third-order valence-electron chi connectivity index (χ3n) is 3.23. The number of aliphatic carboxylic acids is 1. The molecule has 0 heterocycles. The molecule has 1 aliphatic carbocycles. The van der Waals surface area contributed by atoms with Crippen LogP contribution in [-0.2, 0) is 4.79 Å². The molecule has 0 aliphatic heterocycles. The van der Waals surface area contributed by atoms with E-state index in [0.717, 1.165) is 18.4 Å². The van der Waals surface area contributed by atoms with E-state index in [1.54, 1.807) is 18.2 Å². The van der Waals surface area contributed by atoms with Crippen LogP contribution in [0.5, 0.6) is 0 Å². The fourth-order valence-electron chi connectivity index (χ4n) is 1.92. The smallest absolute Gasteiger partial charge is 0.323 e. The lowest BCUT2D eigenvalue weighted by Crippen LogP contribution is -2.40. The number of nitrogens with one attached hydrogen (secondary N) is 1. The lowest BCUT2D eigenvalue weighted by molar-refractivity contribution is -0.137. The van der Waals surface area contributed by atoms with Crippen LogP contribution in [0.2, 0.25) is 5.02 Å². The van der Waals surface area contributed by atoms with Crippen LogP contribution in [0.1, 0.15) is 18.4 Å². The number of benzene rings is 1. The number of urea groups is 1. The van der Waals surface area contributed by atoms with E-state index in [0.29, 0.717) is 23.2 Å². The molecule has 1 aromatic rings. The maximum Gasteiger partial charge on any atom is 0.323 e. The number of rotatable bonds is 5. The lowest BCUT2D eigenvalue weighted by atomic mass is 10.2. The first-order valence-electron chi connectivity index (χ1n) is 6.49. The molecule has 1 aliphatic rings. The van der Waals surface area contributed by atoms with Crippen molar-refractivity contribution in [3.63, 3.8) is 0 Å². The van der Waals surface area contributed by atoms with Gasteiger partial charge in [-0.2, -0.15) is 0 Å². The summed E-state index contributed by atoms with van der Waals surface area (Å²) in [5, 5.41) is 12.1. The summed E-state index contributed by atoms with van der Waals surface area (Å²) < 4.78 is 0. The quantitative estimate of drug-likeness (QED) is 0.877. The van der Waals surface area contributed by atoms with Crippen LogP contribution >= 0.6 is 11.6 Å². The van der Waals surface area contributed by atoms with E-state index in [9.17, 15) is 9.59 Å². The zero-order valence-corrected chi connectivity index (χ0v) is 12.0. The standard InChI is InChI=1S/C14H17ClN2O3/c1-9-2-5-11(15)6-12(9)16-14(20)17(8-13(18)19)7-10-3-4-10/h2,5-6,10H,3-4,7-8H2,1H3,(H,16,20)(H,18,19). The van der Waals surface area contributed by atoms with Crippen LogP contribution in [0.15, 0.2) is 18.2 Å². The van der Waals surface area contributed by atoms with Crippen molar-refractivity contribution in [1.29, 1.82) is 0 Å². The Morgan fingerprint density at radius 2 is 2.15 bits per heavy atom. The number of amides is 2. The number of carboxylic acid groups (broad SMARTS) is 1. The summed E-state index contributed by atoms with van der Waals surface area (Å²) in [4.78, 5) is 24.4. The van der Waals surface area contributed by atoms with Crippen molar-refractivity contribution in [2.45, 2.75) is 19.8 Å². The number of anilines is 1. The number of carbonyl (C=O) groups is 2. The van der Waals surface area contributed by atoms with Gasteiger partial charge >= 0.3 is 12.0 Å². The Morgan fingerprint density at radius 3 is 2.75 bits per heavy atom. The average molecular weight is 297 g/mol. The molecule has 2 rings (SSSR count). The largest absolute Gasteiger partial charge is 0.480 e. The minimum Gasteiger partial charge on any atom is -0.480 e.